The minimum atomic E-state index is -0.838. The van der Waals surface area contributed by atoms with Crippen molar-refractivity contribution in [1.29, 1.82) is 0 Å². The van der Waals surface area contributed by atoms with Crippen LogP contribution in [0.15, 0.2) is 0 Å². The Bertz CT molecular complexity index is 267. The number of likely N-dealkylation sites (N-methyl/N-ethyl adjacent to an activating group) is 1. The number of carbonyl (C=O) groups excluding carboxylic acids is 1. The molecule has 4 heteroatoms. The van der Waals surface area contributed by atoms with Gasteiger partial charge in [0.1, 0.15) is 0 Å². The van der Waals surface area contributed by atoms with E-state index >= 15 is 0 Å². The summed E-state index contributed by atoms with van der Waals surface area (Å²) >= 11 is 0. The van der Waals surface area contributed by atoms with Crippen LogP contribution in [-0.2, 0) is 0 Å². The van der Waals surface area contributed by atoms with E-state index in [1.54, 1.807) is 18.7 Å². The Kier molecular flexibility index (Phi) is 4.42. The topological polar surface area (TPSA) is 52.6 Å². The minimum absolute atomic E-state index is 0.0608. The molecule has 0 aromatic carbocycles. The first-order chi connectivity index (χ1) is 7.82. The summed E-state index contributed by atoms with van der Waals surface area (Å²) in [6, 6.07) is -0.0608. The zero-order valence-electron chi connectivity index (χ0n) is 11.5. The first-order valence-corrected chi connectivity index (χ1v) is 6.57. The van der Waals surface area contributed by atoms with Crippen LogP contribution in [0.4, 0.5) is 4.79 Å². The smallest absolute Gasteiger partial charge is 0.317 e. The summed E-state index contributed by atoms with van der Waals surface area (Å²) in [5.41, 5.74) is -0.473. The highest BCUT2D eigenvalue weighted by atomic mass is 16.3. The second-order valence-electron chi connectivity index (χ2n) is 5.84. The van der Waals surface area contributed by atoms with Crippen LogP contribution >= 0.6 is 0 Å². The van der Waals surface area contributed by atoms with Gasteiger partial charge < -0.3 is 15.3 Å². The highest BCUT2D eigenvalue weighted by molar-refractivity contribution is 5.74. The van der Waals surface area contributed by atoms with Crippen molar-refractivity contribution in [3.63, 3.8) is 0 Å². The van der Waals surface area contributed by atoms with Gasteiger partial charge in [0.2, 0.25) is 0 Å². The summed E-state index contributed by atoms with van der Waals surface area (Å²) in [7, 11) is 0. The summed E-state index contributed by atoms with van der Waals surface area (Å²) in [6.07, 6.45) is 3.58. The van der Waals surface area contributed by atoms with Crippen molar-refractivity contribution in [3.8, 4) is 0 Å². The lowest BCUT2D eigenvalue weighted by Gasteiger charge is -2.28. The molecule has 0 radical (unpaired) electrons. The van der Waals surface area contributed by atoms with Gasteiger partial charge in [-0.1, -0.05) is 6.92 Å². The number of hydrogen-bond acceptors (Lipinski definition) is 2. The van der Waals surface area contributed by atoms with Crippen LogP contribution in [0.2, 0.25) is 0 Å². The Hall–Kier alpha value is -0.770. The quantitative estimate of drug-likeness (QED) is 0.748. The van der Waals surface area contributed by atoms with E-state index in [-0.39, 0.29) is 6.03 Å². The fourth-order valence-electron chi connectivity index (χ4n) is 2.00. The molecule has 0 heterocycles. The van der Waals surface area contributed by atoms with Crippen LogP contribution < -0.4 is 5.32 Å². The van der Waals surface area contributed by atoms with E-state index in [2.05, 4.69) is 12.2 Å². The fourth-order valence-corrected chi connectivity index (χ4v) is 2.00. The van der Waals surface area contributed by atoms with Gasteiger partial charge in [-0.25, -0.2) is 4.79 Å². The predicted molar refractivity (Wildman–Crippen MR) is 68.9 cm³/mol. The fraction of sp³-hybridized carbons (Fsp3) is 0.923. The zero-order chi connectivity index (χ0) is 13.1. The molecule has 4 nitrogen and oxygen atoms in total. The molecule has 1 rings (SSSR count). The van der Waals surface area contributed by atoms with Crippen LogP contribution in [0.3, 0.4) is 0 Å². The van der Waals surface area contributed by atoms with Gasteiger partial charge in [-0.15, -0.1) is 0 Å². The third kappa shape index (κ3) is 4.54. The third-order valence-electron chi connectivity index (χ3n) is 3.57. The van der Waals surface area contributed by atoms with Crippen LogP contribution in [-0.4, -0.2) is 41.3 Å². The third-order valence-corrected chi connectivity index (χ3v) is 3.57. The molecule has 0 spiro atoms. The van der Waals surface area contributed by atoms with Gasteiger partial charge in [0.25, 0.3) is 0 Å². The van der Waals surface area contributed by atoms with E-state index in [1.807, 2.05) is 6.92 Å². The Balaban J connectivity index is 2.39. The Morgan fingerprint density at radius 2 is 2.00 bits per heavy atom. The number of nitrogens with zero attached hydrogens (tertiary/aromatic N) is 1. The van der Waals surface area contributed by atoms with Crippen molar-refractivity contribution >= 4 is 6.03 Å². The van der Waals surface area contributed by atoms with Gasteiger partial charge in [-0.3, -0.25) is 0 Å². The molecule has 0 aliphatic heterocycles. The molecule has 1 fully saturated rings. The number of carbonyl (C=O) groups is 1. The standard InChI is InChI=1S/C13H26N2O2/c1-5-13(7-8-13)9-14-11(16)15(6-2)10-12(3,4)17/h17H,5-10H2,1-4H3,(H,14,16). The highest BCUT2D eigenvalue weighted by Gasteiger charge is 2.40. The molecule has 1 saturated carbocycles. The first-order valence-electron chi connectivity index (χ1n) is 6.57. The van der Waals surface area contributed by atoms with Gasteiger partial charge in [-0.2, -0.15) is 0 Å². The van der Waals surface area contributed by atoms with Crippen molar-refractivity contribution < 1.29 is 9.90 Å². The molecule has 0 unspecified atom stereocenters. The van der Waals surface area contributed by atoms with Crippen molar-refractivity contribution in [2.24, 2.45) is 5.41 Å². The number of nitrogens with one attached hydrogen (secondary N) is 1. The van der Waals surface area contributed by atoms with E-state index < -0.39 is 5.60 Å². The summed E-state index contributed by atoms with van der Waals surface area (Å²) in [6.45, 7) is 9.30. The number of urea groups is 1. The Morgan fingerprint density at radius 1 is 1.41 bits per heavy atom. The minimum Gasteiger partial charge on any atom is -0.389 e. The molecule has 1 aliphatic carbocycles. The molecule has 17 heavy (non-hydrogen) atoms. The lowest BCUT2D eigenvalue weighted by Crippen LogP contribution is -2.47. The molecule has 0 bridgehead atoms. The second kappa shape index (κ2) is 5.25. The van der Waals surface area contributed by atoms with Crippen LogP contribution in [0, 0.1) is 5.41 Å². The van der Waals surface area contributed by atoms with Gasteiger partial charge in [-0.05, 0) is 45.4 Å². The zero-order valence-corrected chi connectivity index (χ0v) is 11.5. The number of aliphatic hydroxyl groups is 1. The van der Waals surface area contributed by atoms with Crippen molar-refractivity contribution in [3.05, 3.63) is 0 Å². The maximum absolute atomic E-state index is 11.9. The van der Waals surface area contributed by atoms with Gasteiger partial charge in [0.05, 0.1) is 12.1 Å². The number of rotatable bonds is 6. The molecule has 0 aromatic heterocycles. The molecule has 0 atom stereocenters. The highest BCUT2D eigenvalue weighted by Crippen LogP contribution is 2.47. The lowest BCUT2D eigenvalue weighted by atomic mass is 10.0. The largest absolute Gasteiger partial charge is 0.389 e. The summed E-state index contributed by atoms with van der Waals surface area (Å²) in [5.74, 6) is 0. The second-order valence-corrected chi connectivity index (χ2v) is 5.84. The molecule has 0 saturated heterocycles. The molecule has 1 aliphatic rings. The molecular weight excluding hydrogens is 216 g/mol. The normalized spacial score (nSPS) is 17.7. The first kappa shape index (κ1) is 14.3. The van der Waals surface area contributed by atoms with Crippen LogP contribution in [0.5, 0.6) is 0 Å². The maximum Gasteiger partial charge on any atom is 0.317 e. The van der Waals surface area contributed by atoms with Gasteiger partial charge in [0.15, 0.2) is 0 Å². The summed E-state index contributed by atoms with van der Waals surface area (Å²) in [4.78, 5) is 13.6. The monoisotopic (exact) mass is 242 g/mol. The Morgan fingerprint density at radius 3 is 2.35 bits per heavy atom. The maximum atomic E-state index is 11.9. The molecule has 100 valence electrons. The van der Waals surface area contributed by atoms with E-state index in [4.69, 9.17) is 0 Å². The molecule has 2 amide bonds. The van der Waals surface area contributed by atoms with E-state index in [1.165, 1.54) is 12.8 Å². The lowest BCUT2D eigenvalue weighted by molar-refractivity contribution is 0.0478. The average Bonchev–Trinajstić information content (AvgIpc) is 3.02. The predicted octanol–water partition coefficient (Wildman–Crippen LogP) is 1.98. The number of amides is 2. The van der Waals surface area contributed by atoms with Crippen molar-refractivity contribution in [1.82, 2.24) is 10.2 Å². The molecule has 2 N–H and O–H groups in total. The Labute approximate surface area is 104 Å². The number of hydrogen-bond donors (Lipinski definition) is 2. The van der Waals surface area contributed by atoms with Crippen LogP contribution in [0.25, 0.3) is 0 Å². The van der Waals surface area contributed by atoms with E-state index in [9.17, 15) is 9.90 Å². The van der Waals surface area contributed by atoms with Crippen LogP contribution in [0.1, 0.15) is 47.0 Å². The average molecular weight is 242 g/mol. The van der Waals surface area contributed by atoms with Crippen molar-refractivity contribution in [2.45, 2.75) is 52.6 Å². The van der Waals surface area contributed by atoms with Crippen molar-refractivity contribution in [2.75, 3.05) is 19.6 Å². The molecular formula is C13H26N2O2. The molecule has 0 aromatic rings. The summed E-state index contributed by atoms with van der Waals surface area (Å²) in [5, 5.41) is 12.7. The summed E-state index contributed by atoms with van der Waals surface area (Å²) < 4.78 is 0. The van der Waals surface area contributed by atoms with E-state index in [0.29, 0.717) is 18.5 Å². The van der Waals surface area contributed by atoms with Gasteiger partial charge in [0, 0.05) is 13.1 Å². The van der Waals surface area contributed by atoms with Gasteiger partial charge >= 0.3 is 6.03 Å². The van der Waals surface area contributed by atoms with E-state index in [0.717, 1.165) is 13.0 Å². The SMILES string of the molecule is CCN(CC(C)(C)O)C(=O)NCC1(CC)CC1.